The number of alkyl halides is 3. The molecule has 0 atom stereocenters. The van der Waals surface area contributed by atoms with E-state index in [1.165, 1.54) is 29.5 Å². The summed E-state index contributed by atoms with van der Waals surface area (Å²) in [6, 6.07) is 2.34. The van der Waals surface area contributed by atoms with E-state index in [0.717, 1.165) is 48.1 Å². The van der Waals surface area contributed by atoms with Gasteiger partial charge in [0.15, 0.2) is 0 Å². The molecular formula is C20H20F3N3OS2. The summed E-state index contributed by atoms with van der Waals surface area (Å²) >= 11 is 2.78. The van der Waals surface area contributed by atoms with Crippen molar-refractivity contribution >= 4 is 38.8 Å². The normalized spacial score (nSPS) is 14.2. The molecule has 1 N–H and O–H groups in total. The quantitative estimate of drug-likeness (QED) is 0.548. The van der Waals surface area contributed by atoms with E-state index >= 15 is 0 Å². The van der Waals surface area contributed by atoms with Crippen molar-refractivity contribution in [3.8, 4) is 0 Å². The number of rotatable bonds is 5. The summed E-state index contributed by atoms with van der Waals surface area (Å²) in [5, 5.41) is 4.58. The predicted octanol–water partition coefficient (Wildman–Crippen LogP) is 5.32. The Labute approximate surface area is 174 Å². The van der Waals surface area contributed by atoms with Gasteiger partial charge in [-0.3, -0.25) is 4.79 Å². The maximum absolute atomic E-state index is 12.9. The highest BCUT2D eigenvalue weighted by atomic mass is 32.1. The molecule has 9 heteroatoms. The molecule has 0 saturated heterocycles. The Morgan fingerprint density at radius 1 is 1.17 bits per heavy atom. The van der Waals surface area contributed by atoms with Crippen LogP contribution >= 0.6 is 22.7 Å². The number of carbonyl (C=O) groups is 1. The fourth-order valence-corrected chi connectivity index (χ4v) is 5.80. The lowest BCUT2D eigenvalue weighted by molar-refractivity contribution is -0.140. The fraction of sp³-hybridized carbons (Fsp3) is 0.450. The van der Waals surface area contributed by atoms with Crippen molar-refractivity contribution < 1.29 is 18.0 Å². The lowest BCUT2D eigenvalue weighted by Crippen LogP contribution is -2.24. The number of thiazole rings is 1. The van der Waals surface area contributed by atoms with E-state index in [-0.39, 0.29) is 10.7 Å². The molecule has 0 saturated carbocycles. The molecule has 154 valence electrons. The number of hydrogen-bond acceptors (Lipinski definition) is 5. The summed E-state index contributed by atoms with van der Waals surface area (Å²) in [6.07, 6.45) is 1.73. The Kier molecular flexibility index (Phi) is 5.61. The van der Waals surface area contributed by atoms with Crippen molar-refractivity contribution in [2.75, 3.05) is 6.54 Å². The first kappa shape index (κ1) is 20.3. The number of nitrogens with zero attached hydrogens (tertiary/aromatic N) is 2. The molecule has 0 fully saturated rings. The molecule has 1 amide bonds. The summed E-state index contributed by atoms with van der Waals surface area (Å²) in [6.45, 7) is 2.24. The molecule has 0 radical (unpaired) electrons. The zero-order valence-electron chi connectivity index (χ0n) is 15.9. The van der Waals surface area contributed by atoms with Gasteiger partial charge in [0, 0.05) is 23.2 Å². The second-order valence-electron chi connectivity index (χ2n) is 7.15. The number of aryl methyl sites for hydroxylation is 4. The number of nitrogens with one attached hydrogen (secondary N) is 1. The number of thiophene rings is 1. The predicted molar refractivity (Wildman–Crippen MR) is 109 cm³/mol. The van der Waals surface area contributed by atoms with Gasteiger partial charge in [-0.25, -0.2) is 9.97 Å². The zero-order chi connectivity index (χ0) is 20.6. The van der Waals surface area contributed by atoms with Crippen LogP contribution in [0.25, 0.3) is 10.2 Å². The molecule has 3 aromatic heterocycles. The van der Waals surface area contributed by atoms with Gasteiger partial charge in [0.1, 0.15) is 10.5 Å². The minimum absolute atomic E-state index is 0.232. The van der Waals surface area contributed by atoms with Gasteiger partial charge in [0.25, 0.3) is 5.91 Å². The van der Waals surface area contributed by atoms with Crippen LogP contribution in [0.1, 0.15) is 55.8 Å². The molecule has 0 bridgehead atoms. The van der Waals surface area contributed by atoms with E-state index in [0.29, 0.717) is 22.4 Å². The highest BCUT2D eigenvalue weighted by Crippen LogP contribution is 2.34. The van der Waals surface area contributed by atoms with Crippen LogP contribution < -0.4 is 5.32 Å². The molecule has 3 heterocycles. The fourth-order valence-electron chi connectivity index (χ4n) is 3.51. The number of fused-ring (bicyclic) bond motifs is 2. The van der Waals surface area contributed by atoms with Crippen molar-refractivity contribution in [3.63, 3.8) is 0 Å². The molecule has 29 heavy (non-hydrogen) atoms. The average molecular weight is 440 g/mol. The molecule has 0 aliphatic heterocycles. The number of aromatic nitrogens is 2. The maximum Gasteiger partial charge on any atom is 0.433 e. The summed E-state index contributed by atoms with van der Waals surface area (Å²) in [7, 11) is 0. The number of hydrogen-bond donors (Lipinski definition) is 1. The summed E-state index contributed by atoms with van der Waals surface area (Å²) < 4.78 is 38.6. The molecule has 1 aliphatic rings. The van der Waals surface area contributed by atoms with Gasteiger partial charge in [-0.1, -0.05) is 0 Å². The Bertz CT molecular complexity index is 1030. The van der Waals surface area contributed by atoms with Crippen LogP contribution in [0.15, 0.2) is 12.1 Å². The monoisotopic (exact) mass is 439 g/mol. The Hall–Kier alpha value is -2.00. The third-order valence-electron chi connectivity index (χ3n) is 5.04. The largest absolute Gasteiger partial charge is 0.433 e. The van der Waals surface area contributed by atoms with Gasteiger partial charge >= 0.3 is 6.18 Å². The number of halogens is 3. The van der Waals surface area contributed by atoms with Gasteiger partial charge in [-0.05, 0) is 56.7 Å². The van der Waals surface area contributed by atoms with E-state index in [1.807, 2.05) is 0 Å². The van der Waals surface area contributed by atoms with Crippen LogP contribution in [0, 0.1) is 6.92 Å². The molecule has 4 nitrogen and oxygen atoms in total. The van der Waals surface area contributed by atoms with Crippen molar-refractivity contribution in [3.05, 3.63) is 43.8 Å². The Morgan fingerprint density at radius 3 is 2.72 bits per heavy atom. The second kappa shape index (κ2) is 8.02. The number of carbonyl (C=O) groups excluding carboxylic acids is 1. The first-order valence-electron chi connectivity index (χ1n) is 9.56. The summed E-state index contributed by atoms with van der Waals surface area (Å²) in [5.74, 6) is -0.266. The van der Waals surface area contributed by atoms with E-state index in [4.69, 9.17) is 4.98 Å². The number of amides is 1. The van der Waals surface area contributed by atoms with Gasteiger partial charge < -0.3 is 5.32 Å². The minimum atomic E-state index is -4.50. The summed E-state index contributed by atoms with van der Waals surface area (Å²) in [4.78, 5) is 23.0. The van der Waals surface area contributed by atoms with Gasteiger partial charge in [0.2, 0.25) is 0 Å². The van der Waals surface area contributed by atoms with Crippen LogP contribution in [0.3, 0.4) is 0 Å². The van der Waals surface area contributed by atoms with E-state index in [9.17, 15) is 18.0 Å². The van der Waals surface area contributed by atoms with Crippen molar-refractivity contribution in [1.82, 2.24) is 15.3 Å². The Morgan fingerprint density at radius 2 is 1.97 bits per heavy atom. The van der Waals surface area contributed by atoms with Crippen LogP contribution in [0.2, 0.25) is 0 Å². The van der Waals surface area contributed by atoms with E-state index in [1.54, 1.807) is 18.3 Å². The van der Waals surface area contributed by atoms with Gasteiger partial charge in [-0.15, -0.1) is 22.7 Å². The van der Waals surface area contributed by atoms with Crippen molar-refractivity contribution in [2.45, 2.75) is 51.6 Å². The lowest BCUT2D eigenvalue weighted by Gasteiger charge is -2.06. The molecule has 0 aromatic carbocycles. The third-order valence-corrected chi connectivity index (χ3v) is 7.46. The molecule has 0 spiro atoms. The second-order valence-corrected chi connectivity index (χ2v) is 9.31. The molecular weight excluding hydrogens is 419 g/mol. The van der Waals surface area contributed by atoms with Crippen LogP contribution in [0.4, 0.5) is 13.2 Å². The standard InChI is InChI=1S/C20H20F3N3OS2/c1-11-12-8-9-15(20(21,22)23)26-19(12)29-17(11)18(27)24-10-4-7-16-25-13-5-2-3-6-14(13)28-16/h8-9H,2-7,10H2,1H3,(H,24,27). The third kappa shape index (κ3) is 4.30. The lowest BCUT2D eigenvalue weighted by atomic mass is 10.0. The number of pyridine rings is 1. The van der Waals surface area contributed by atoms with Crippen LogP contribution in [-0.2, 0) is 25.4 Å². The Balaban J connectivity index is 1.37. The molecule has 4 rings (SSSR count). The molecule has 0 unspecified atom stereocenters. The SMILES string of the molecule is Cc1c(C(=O)NCCCc2nc3c(s2)CCCC3)sc2nc(C(F)(F)F)ccc12. The highest BCUT2D eigenvalue weighted by molar-refractivity contribution is 7.20. The van der Waals surface area contributed by atoms with E-state index < -0.39 is 11.9 Å². The smallest absolute Gasteiger partial charge is 0.351 e. The molecule has 3 aromatic rings. The van der Waals surface area contributed by atoms with Gasteiger partial charge in [-0.2, -0.15) is 13.2 Å². The zero-order valence-corrected chi connectivity index (χ0v) is 17.5. The van der Waals surface area contributed by atoms with Crippen LogP contribution in [-0.4, -0.2) is 22.4 Å². The minimum Gasteiger partial charge on any atom is -0.351 e. The van der Waals surface area contributed by atoms with Gasteiger partial charge in [0.05, 0.1) is 15.6 Å². The average Bonchev–Trinajstić information content (AvgIpc) is 3.25. The van der Waals surface area contributed by atoms with Crippen LogP contribution in [0.5, 0.6) is 0 Å². The first-order valence-corrected chi connectivity index (χ1v) is 11.2. The van der Waals surface area contributed by atoms with Crippen molar-refractivity contribution in [1.29, 1.82) is 0 Å². The highest BCUT2D eigenvalue weighted by Gasteiger charge is 2.33. The first-order chi connectivity index (χ1) is 13.8. The summed E-state index contributed by atoms with van der Waals surface area (Å²) in [5.41, 5.74) is 0.965. The molecule has 1 aliphatic carbocycles. The maximum atomic E-state index is 12.9. The van der Waals surface area contributed by atoms with Crippen molar-refractivity contribution in [2.24, 2.45) is 0 Å². The van der Waals surface area contributed by atoms with E-state index in [2.05, 4.69) is 10.3 Å². The topological polar surface area (TPSA) is 54.9 Å².